The SMILES string of the molecule is CCC(C)c1ccccc1Oc1ccc(Cl)cc1N. The maximum absolute atomic E-state index is 5.93. The number of nitrogen functional groups attached to an aromatic ring is 1. The van der Waals surface area contributed by atoms with Gasteiger partial charge in [0, 0.05) is 5.02 Å². The summed E-state index contributed by atoms with van der Waals surface area (Å²) in [7, 11) is 0. The molecule has 1 atom stereocenters. The van der Waals surface area contributed by atoms with Crippen molar-refractivity contribution in [3.05, 3.63) is 53.1 Å². The first-order chi connectivity index (χ1) is 9.11. The van der Waals surface area contributed by atoms with Gasteiger partial charge in [0.25, 0.3) is 0 Å². The van der Waals surface area contributed by atoms with Gasteiger partial charge in [0.2, 0.25) is 0 Å². The predicted molar refractivity (Wildman–Crippen MR) is 81.1 cm³/mol. The van der Waals surface area contributed by atoms with Gasteiger partial charge in [0.1, 0.15) is 11.5 Å². The van der Waals surface area contributed by atoms with Crippen molar-refractivity contribution in [2.24, 2.45) is 0 Å². The highest BCUT2D eigenvalue weighted by Crippen LogP contribution is 2.35. The molecule has 0 aromatic heterocycles. The van der Waals surface area contributed by atoms with Crippen LogP contribution in [0.3, 0.4) is 0 Å². The minimum absolute atomic E-state index is 0.449. The normalized spacial score (nSPS) is 12.2. The first-order valence-electron chi connectivity index (χ1n) is 6.43. The lowest BCUT2D eigenvalue weighted by Gasteiger charge is -2.16. The van der Waals surface area contributed by atoms with Crippen LogP contribution in [0, 0.1) is 0 Å². The minimum atomic E-state index is 0.449. The van der Waals surface area contributed by atoms with E-state index >= 15 is 0 Å². The third kappa shape index (κ3) is 3.21. The Morgan fingerprint density at radius 1 is 1.16 bits per heavy atom. The van der Waals surface area contributed by atoms with Gasteiger partial charge in [0.05, 0.1) is 5.69 Å². The third-order valence-corrected chi connectivity index (χ3v) is 3.49. The molecular weight excluding hydrogens is 258 g/mol. The molecule has 19 heavy (non-hydrogen) atoms. The van der Waals surface area contributed by atoms with Crippen molar-refractivity contribution in [2.75, 3.05) is 5.73 Å². The second-order valence-electron chi connectivity index (χ2n) is 4.63. The van der Waals surface area contributed by atoms with Crippen LogP contribution in [0.15, 0.2) is 42.5 Å². The average molecular weight is 276 g/mol. The number of benzene rings is 2. The molecule has 100 valence electrons. The van der Waals surface area contributed by atoms with Crippen LogP contribution in [0.2, 0.25) is 5.02 Å². The van der Waals surface area contributed by atoms with E-state index in [1.165, 1.54) is 5.56 Å². The largest absolute Gasteiger partial charge is 0.455 e. The molecule has 0 spiro atoms. The predicted octanol–water partition coefficient (Wildman–Crippen LogP) is 5.23. The number of hydrogen-bond donors (Lipinski definition) is 1. The van der Waals surface area contributed by atoms with Gasteiger partial charge < -0.3 is 10.5 Å². The van der Waals surface area contributed by atoms with E-state index in [2.05, 4.69) is 19.9 Å². The molecule has 0 fully saturated rings. The topological polar surface area (TPSA) is 35.2 Å². The maximum atomic E-state index is 5.93. The molecule has 0 aliphatic rings. The zero-order valence-corrected chi connectivity index (χ0v) is 11.9. The van der Waals surface area contributed by atoms with E-state index in [1.54, 1.807) is 18.2 Å². The standard InChI is InChI=1S/C16H18ClNO/c1-3-11(2)13-6-4-5-7-15(13)19-16-9-8-12(17)10-14(16)18/h4-11H,3,18H2,1-2H3. The van der Waals surface area contributed by atoms with E-state index in [0.29, 0.717) is 22.4 Å². The van der Waals surface area contributed by atoms with Crippen LogP contribution in [0.4, 0.5) is 5.69 Å². The molecule has 2 N–H and O–H groups in total. The van der Waals surface area contributed by atoms with E-state index < -0.39 is 0 Å². The monoisotopic (exact) mass is 275 g/mol. The third-order valence-electron chi connectivity index (χ3n) is 3.25. The smallest absolute Gasteiger partial charge is 0.150 e. The van der Waals surface area contributed by atoms with Gasteiger partial charge in [-0.05, 0) is 42.2 Å². The molecule has 0 aliphatic carbocycles. The molecular formula is C16H18ClNO. The number of nitrogens with two attached hydrogens (primary N) is 1. The Hall–Kier alpha value is -1.67. The Kier molecular flexibility index (Phi) is 4.33. The van der Waals surface area contributed by atoms with Crippen LogP contribution in [0.25, 0.3) is 0 Å². The molecule has 0 radical (unpaired) electrons. The van der Waals surface area contributed by atoms with Gasteiger partial charge in [-0.25, -0.2) is 0 Å². The van der Waals surface area contributed by atoms with Crippen LogP contribution in [-0.4, -0.2) is 0 Å². The molecule has 0 amide bonds. The summed E-state index contributed by atoms with van der Waals surface area (Å²) >= 11 is 5.89. The second kappa shape index (κ2) is 5.98. The lowest BCUT2D eigenvalue weighted by Crippen LogP contribution is -1.98. The summed E-state index contributed by atoms with van der Waals surface area (Å²) < 4.78 is 5.93. The van der Waals surface area contributed by atoms with E-state index in [-0.39, 0.29) is 0 Å². The Labute approximate surface area is 119 Å². The molecule has 0 saturated heterocycles. The molecule has 0 saturated carbocycles. The Morgan fingerprint density at radius 2 is 1.89 bits per heavy atom. The summed E-state index contributed by atoms with van der Waals surface area (Å²) in [5.41, 5.74) is 7.66. The van der Waals surface area contributed by atoms with Crippen molar-refractivity contribution in [3.63, 3.8) is 0 Å². The van der Waals surface area contributed by atoms with Crippen LogP contribution < -0.4 is 10.5 Å². The Morgan fingerprint density at radius 3 is 2.58 bits per heavy atom. The molecule has 2 rings (SSSR count). The first kappa shape index (κ1) is 13.8. The summed E-state index contributed by atoms with van der Waals surface area (Å²) in [6, 6.07) is 13.3. The molecule has 2 aromatic carbocycles. The molecule has 2 nitrogen and oxygen atoms in total. The van der Waals surface area contributed by atoms with Crippen LogP contribution in [0.5, 0.6) is 11.5 Å². The summed E-state index contributed by atoms with van der Waals surface area (Å²) in [5, 5.41) is 0.611. The molecule has 0 bridgehead atoms. The van der Waals surface area contributed by atoms with Crippen LogP contribution in [-0.2, 0) is 0 Å². The number of anilines is 1. The van der Waals surface area contributed by atoms with Crippen molar-refractivity contribution >= 4 is 17.3 Å². The van der Waals surface area contributed by atoms with Crippen molar-refractivity contribution in [1.82, 2.24) is 0 Å². The van der Waals surface area contributed by atoms with E-state index in [0.717, 1.165) is 12.2 Å². The highest BCUT2D eigenvalue weighted by Gasteiger charge is 2.11. The van der Waals surface area contributed by atoms with E-state index in [1.807, 2.05) is 18.2 Å². The zero-order valence-electron chi connectivity index (χ0n) is 11.2. The summed E-state index contributed by atoms with van der Waals surface area (Å²) in [6.45, 7) is 4.35. The number of rotatable bonds is 4. The lowest BCUT2D eigenvalue weighted by molar-refractivity contribution is 0.472. The van der Waals surface area contributed by atoms with Gasteiger partial charge in [0.15, 0.2) is 0 Å². The highest BCUT2D eigenvalue weighted by atomic mass is 35.5. The Balaban J connectivity index is 2.33. The summed E-state index contributed by atoms with van der Waals surface area (Å²) in [4.78, 5) is 0. The fourth-order valence-electron chi connectivity index (χ4n) is 1.93. The first-order valence-corrected chi connectivity index (χ1v) is 6.81. The summed E-state index contributed by atoms with van der Waals surface area (Å²) in [5.74, 6) is 1.94. The number of ether oxygens (including phenoxy) is 1. The fraction of sp³-hybridized carbons (Fsp3) is 0.250. The lowest BCUT2D eigenvalue weighted by atomic mass is 9.98. The van der Waals surface area contributed by atoms with Gasteiger partial charge in [-0.15, -0.1) is 0 Å². The van der Waals surface area contributed by atoms with Gasteiger partial charge in [-0.2, -0.15) is 0 Å². The fourth-order valence-corrected chi connectivity index (χ4v) is 2.11. The quantitative estimate of drug-likeness (QED) is 0.776. The molecule has 3 heteroatoms. The van der Waals surface area contributed by atoms with Gasteiger partial charge in [-0.3, -0.25) is 0 Å². The average Bonchev–Trinajstić information content (AvgIpc) is 2.41. The maximum Gasteiger partial charge on any atom is 0.150 e. The van der Waals surface area contributed by atoms with Gasteiger partial charge in [-0.1, -0.05) is 43.6 Å². The van der Waals surface area contributed by atoms with Crippen molar-refractivity contribution in [2.45, 2.75) is 26.2 Å². The molecule has 0 heterocycles. The number of para-hydroxylation sites is 1. The second-order valence-corrected chi connectivity index (χ2v) is 5.07. The van der Waals surface area contributed by atoms with Crippen molar-refractivity contribution in [3.8, 4) is 11.5 Å². The Bertz CT molecular complexity index is 568. The zero-order chi connectivity index (χ0) is 13.8. The van der Waals surface area contributed by atoms with Crippen molar-refractivity contribution < 1.29 is 4.74 Å². The molecule has 1 unspecified atom stereocenters. The molecule has 2 aromatic rings. The van der Waals surface area contributed by atoms with Crippen LogP contribution >= 0.6 is 11.6 Å². The summed E-state index contributed by atoms with van der Waals surface area (Å²) in [6.07, 6.45) is 1.07. The number of halogens is 1. The molecule has 0 aliphatic heterocycles. The number of hydrogen-bond acceptors (Lipinski definition) is 2. The van der Waals surface area contributed by atoms with E-state index in [9.17, 15) is 0 Å². The van der Waals surface area contributed by atoms with Gasteiger partial charge >= 0.3 is 0 Å². The van der Waals surface area contributed by atoms with E-state index in [4.69, 9.17) is 22.1 Å². The highest BCUT2D eigenvalue weighted by molar-refractivity contribution is 6.30. The van der Waals surface area contributed by atoms with Crippen LogP contribution in [0.1, 0.15) is 31.7 Å². The minimum Gasteiger partial charge on any atom is -0.455 e. The van der Waals surface area contributed by atoms with Crippen molar-refractivity contribution in [1.29, 1.82) is 0 Å².